The lowest BCUT2D eigenvalue weighted by Crippen LogP contribution is -2.05. The SMILES string of the molecule is O=C(Cc1nc2cc(F)c(F)cc2[nH]1)c1cccc(F)c1. The van der Waals surface area contributed by atoms with E-state index in [2.05, 4.69) is 9.97 Å². The highest BCUT2D eigenvalue weighted by atomic mass is 19.2. The molecule has 3 nitrogen and oxygen atoms in total. The van der Waals surface area contributed by atoms with Crippen molar-refractivity contribution in [3.63, 3.8) is 0 Å². The molecule has 0 saturated carbocycles. The summed E-state index contributed by atoms with van der Waals surface area (Å²) in [5, 5.41) is 0. The number of carbonyl (C=O) groups excluding carboxylic acids is 1. The first-order valence-electron chi connectivity index (χ1n) is 6.15. The van der Waals surface area contributed by atoms with Crippen LogP contribution < -0.4 is 0 Å². The van der Waals surface area contributed by atoms with Crippen LogP contribution in [-0.4, -0.2) is 15.8 Å². The lowest BCUT2D eigenvalue weighted by Gasteiger charge is -1.98. The fourth-order valence-corrected chi connectivity index (χ4v) is 2.06. The van der Waals surface area contributed by atoms with E-state index < -0.39 is 17.5 Å². The van der Waals surface area contributed by atoms with Gasteiger partial charge in [-0.2, -0.15) is 0 Å². The predicted octanol–water partition coefficient (Wildman–Crippen LogP) is 3.41. The summed E-state index contributed by atoms with van der Waals surface area (Å²) in [5.41, 5.74) is 0.750. The van der Waals surface area contributed by atoms with E-state index in [0.717, 1.165) is 18.2 Å². The van der Waals surface area contributed by atoms with Crippen LogP contribution in [0.25, 0.3) is 11.0 Å². The van der Waals surface area contributed by atoms with Gasteiger partial charge in [0, 0.05) is 17.7 Å². The topological polar surface area (TPSA) is 45.8 Å². The number of hydrogen-bond acceptors (Lipinski definition) is 2. The number of H-pyrrole nitrogens is 1. The molecule has 0 saturated heterocycles. The second-order valence-electron chi connectivity index (χ2n) is 4.58. The van der Waals surface area contributed by atoms with Crippen molar-refractivity contribution >= 4 is 16.8 Å². The van der Waals surface area contributed by atoms with E-state index in [1.165, 1.54) is 18.2 Å². The Morgan fingerprint density at radius 2 is 1.86 bits per heavy atom. The van der Waals surface area contributed by atoms with Crippen molar-refractivity contribution in [1.82, 2.24) is 9.97 Å². The molecule has 0 aliphatic heterocycles. The number of Topliss-reactive ketones (excluding diaryl/α,β-unsaturated/α-hetero) is 1. The van der Waals surface area contributed by atoms with Crippen molar-refractivity contribution in [2.45, 2.75) is 6.42 Å². The average Bonchev–Trinajstić information content (AvgIpc) is 2.80. The number of ketones is 1. The van der Waals surface area contributed by atoms with Gasteiger partial charge >= 0.3 is 0 Å². The van der Waals surface area contributed by atoms with Gasteiger partial charge in [-0.25, -0.2) is 18.2 Å². The van der Waals surface area contributed by atoms with Crippen molar-refractivity contribution in [1.29, 1.82) is 0 Å². The maximum absolute atomic E-state index is 13.1. The van der Waals surface area contributed by atoms with Gasteiger partial charge in [0.05, 0.1) is 17.5 Å². The summed E-state index contributed by atoms with van der Waals surface area (Å²) in [7, 11) is 0. The number of benzene rings is 2. The van der Waals surface area contributed by atoms with E-state index in [1.54, 1.807) is 0 Å². The number of aromatic amines is 1. The van der Waals surface area contributed by atoms with Crippen LogP contribution in [0.2, 0.25) is 0 Å². The van der Waals surface area contributed by atoms with Crippen LogP contribution in [0.3, 0.4) is 0 Å². The van der Waals surface area contributed by atoms with Crippen molar-refractivity contribution in [3.8, 4) is 0 Å². The van der Waals surface area contributed by atoms with Gasteiger partial charge in [-0.1, -0.05) is 12.1 Å². The molecule has 0 unspecified atom stereocenters. The first kappa shape index (κ1) is 13.4. The Balaban J connectivity index is 1.89. The summed E-state index contributed by atoms with van der Waals surface area (Å²) in [6.45, 7) is 0. The molecule has 3 rings (SSSR count). The van der Waals surface area contributed by atoms with Gasteiger partial charge in [-0.15, -0.1) is 0 Å². The minimum Gasteiger partial charge on any atom is -0.342 e. The monoisotopic (exact) mass is 290 g/mol. The first-order chi connectivity index (χ1) is 10.0. The molecule has 3 aromatic rings. The zero-order valence-electron chi connectivity index (χ0n) is 10.7. The molecule has 0 atom stereocenters. The molecule has 106 valence electrons. The quantitative estimate of drug-likeness (QED) is 0.751. The molecule has 0 fully saturated rings. The van der Waals surface area contributed by atoms with E-state index in [0.29, 0.717) is 5.52 Å². The Morgan fingerprint density at radius 1 is 1.10 bits per heavy atom. The maximum Gasteiger partial charge on any atom is 0.170 e. The summed E-state index contributed by atoms with van der Waals surface area (Å²) >= 11 is 0. The Labute approximate surface area is 117 Å². The largest absolute Gasteiger partial charge is 0.342 e. The standard InChI is InChI=1S/C15H9F3N2O/c16-9-3-1-2-8(4-9)14(21)7-15-19-12-5-10(17)11(18)6-13(12)20-15/h1-6H,7H2,(H,19,20). The van der Waals surface area contributed by atoms with E-state index in [9.17, 15) is 18.0 Å². The third kappa shape index (κ3) is 2.65. The van der Waals surface area contributed by atoms with E-state index in [4.69, 9.17) is 0 Å². The maximum atomic E-state index is 13.1. The van der Waals surface area contributed by atoms with Crippen LogP contribution in [0.5, 0.6) is 0 Å². The number of imidazole rings is 1. The molecule has 2 aromatic carbocycles. The molecule has 1 aromatic heterocycles. The van der Waals surface area contributed by atoms with Gasteiger partial charge < -0.3 is 4.98 Å². The highest BCUT2D eigenvalue weighted by molar-refractivity contribution is 5.97. The number of hydrogen-bond donors (Lipinski definition) is 1. The van der Waals surface area contributed by atoms with Crippen LogP contribution in [0, 0.1) is 17.5 Å². The molecule has 0 radical (unpaired) electrons. The second-order valence-corrected chi connectivity index (χ2v) is 4.58. The minimum absolute atomic E-state index is 0.110. The molecule has 0 aliphatic rings. The van der Waals surface area contributed by atoms with Crippen LogP contribution in [0.4, 0.5) is 13.2 Å². The zero-order chi connectivity index (χ0) is 15.0. The Kier molecular flexibility index (Phi) is 3.21. The van der Waals surface area contributed by atoms with Crippen LogP contribution >= 0.6 is 0 Å². The fraction of sp³-hybridized carbons (Fsp3) is 0.0667. The lowest BCUT2D eigenvalue weighted by molar-refractivity contribution is 0.0990. The van der Waals surface area contributed by atoms with Gasteiger partial charge in [-0.05, 0) is 12.1 Å². The average molecular weight is 290 g/mol. The van der Waals surface area contributed by atoms with E-state index >= 15 is 0 Å². The summed E-state index contributed by atoms with van der Waals surface area (Å²) in [4.78, 5) is 18.8. The fourth-order valence-electron chi connectivity index (χ4n) is 2.06. The van der Waals surface area contributed by atoms with Crippen molar-refractivity contribution in [3.05, 3.63) is 65.2 Å². The number of nitrogens with one attached hydrogen (secondary N) is 1. The molecule has 6 heteroatoms. The van der Waals surface area contributed by atoms with Gasteiger partial charge in [0.25, 0.3) is 0 Å². The van der Waals surface area contributed by atoms with Crippen LogP contribution in [0.15, 0.2) is 36.4 Å². The van der Waals surface area contributed by atoms with Crippen molar-refractivity contribution < 1.29 is 18.0 Å². The van der Waals surface area contributed by atoms with Gasteiger partial charge in [0.1, 0.15) is 11.6 Å². The Hall–Kier alpha value is -2.63. The van der Waals surface area contributed by atoms with Crippen molar-refractivity contribution in [2.75, 3.05) is 0 Å². The Morgan fingerprint density at radius 3 is 2.62 bits per heavy atom. The number of carbonyl (C=O) groups is 1. The summed E-state index contributed by atoms with van der Waals surface area (Å²) in [5.74, 6) is -2.57. The van der Waals surface area contributed by atoms with E-state index in [-0.39, 0.29) is 29.1 Å². The second kappa shape index (κ2) is 5.05. The van der Waals surface area contributed by atoms with Gasteiger partial charge in [-0.3, -0.25) is 4.79 Å². The lowest BCUT2D eigenvalue weighted by atomic mass is 10.1. The molecule has 0 spiro atoms. The highest BCUT2D eigenvalue weighted by Crippen LogP contribution is 2.17. The number of halogens is 3. The third-order valence-electron chi connectivity index (χ3n) is 3.05. The molecular formula is C15H9F3N2O. The molecule has 0 bridgehead atoms. The molecule has 21 heavy (non-hydrogen) atoms. The van der Waals surface area contributed by atoms with Crippen LogP contribution in [0.1, 0.15) is 16.2 Å². The normalized spacial score (nSPS) is 11.0. The minimum atomic E-state index is -1.00. The molecule has 1 N–H and O–H groups in total. The third-order valence-corrected chi connectivity index (χ3v) is 3.05. The highest BCUT2D eigenvalue weighted by Gasteiger charge is 2.13. The summed E-state index contributed by atoms with van der Waals surface area (Å²) < 4.78 is 39.3. The first-order valence-corrected chi connectivity index (χ1v) is 6.15. The van der Waals surface area contributed by atoms with Gasteiger partial charge in [0.15, 0.2) is 17.4 Å². The number of aromatic nitrogens is 2. The summed E-state index contributed by atoms with van der Waals surface area (Å²) in [6, 6.07) is 7.23. The predicted molar refractivity (Wildman–Crippen MR) is 70.4 cm³/mol. The molecular weight excluding hydrogens is 281 g/mol. The van der Waals surface area contributed by atoms with Crippen molar-refractivity contribution in [2.24, 2.45) is 0 Å². The van der Waals surface area contributed by atoms with E-state index in [1.807, 2.05) is 0 Å². The number of nitrogens with zero attached hydrogens (tertiary/aromatic N) is 1. The molecule has 0 amide bonds. The number of rotatable bonds is 3. The molecule has 1 heterocycles. The smallest absolute Gasteiger partial charge is 0.170 e. The Bertz CT molecular complexity index is 803. The van der Waals surface area contributed by atoms with Gasteiger partial charge in [0.2, 0.25) is 0 Å². The van der Waals surface area contributed by atoms with Crippen LogP contribution in [-0.2, 0) is 6.42 Å². The number of fused-ring (bicyclic) bond motifs is 1. The molecule has 0 aliphatic carbocycles. The summed E-state index contributed by atoms with van der Waals surface area (Å²) in [6.07, 6.45) is -0.110. The zero-order valence-corrected chi connectivity index (χ0v) is 10.7.